The third kappa shape index (κ3) is 4.46. The number of benzene rings is 2. The molecule has 6 nitrogen and oxygen atoms in total. The molecule has 0 aliphatic carbocycles. The van der Waals surface area contributed by atoms with E-state index in [-0.39, 0.29) is 48.7 Å². The maximum absolute atomic E-state index is 13.6. The normalized spacial score (nSPS) is 16.4. The van der Waals surface area contributed by atoms with E-state index in [4.69, 9.17) is 0 Å². The first kappa shape index (κ1) is 21.0. The molecule has 8 heteroatoms. The van der Waals surface area contributed by atoms with Gasteiger partial charge in [-0.05, 0) is 29.8 Å². The SMILES string of the molecule is Cl.O=C(CCn1cnc2ccccc2c1=O)N1CCNCC1c1cccc(F)c1. The number of rotatable bonds is 4. The third-order valence-electron chi connectivity index (χ3n) is 5.10. The van der Waals surface area contributed by atoms with Crippen LogP contribution in [-0.2, 0) is 11.3 Å². The molecule has 0 spiro atoms. The Labute approximate surface area is 173 Å². The first-order valence-corrected chi connectivity index (χ1v) is 9.33. The summed E-state index contributed by atoms with van der Waals surface area (Å²) in [5.41, 5.74) is 1.26. The Hall–Kier alpha value is -2.77. The van der Waals surface area contributed by atoms with Crippen molar-refractivity contribution in [2.45, 2.75) is 19.0 Å². The van der Waals surface area contributed by atoms with E-state index in [1.807, 2.05) is 12.1 Å². The van der Waals surface area contributed by atoms with Gasteiger partial charge >= 0.3 is 0 Å². The van der Waals surface area contributed by atoms with E-state index in [0.29, 0.717) is 30.5 Å². The topological polar surface area (TPSA) is 67.2 Å². The molecule has 1 aromatic heterocycles. The molecule has 3 aromatic rings. The Morgan fingerprint density at radius 2 is 2.03 bits per heavy atom. The molecule has 152 valence electrons. The number of hydrogen-bond donors (Lipinski definition) is 1. The molecule has 1 aliphatic heterocycles. The maximum atomic E-state index is 13.6. The van der Waals surface area contributed by atoms with Crippen molar-refractivity contribution in [3.05, 3.63) is 76.6 Å². The molecule has 1 fully saturated rings. The molecule has 1 unspecified atom stereocenters. The van der Waals surface area contributed by atoms with Gasteiger partial charge in [0.05, 0.1) is 23.3 Å². The standard InChI is InChI=1S/C21H21FN4O2.ClH/c22-16-5-3-4-15(12-16)19-13-23-9-11-26(19)20(27)8-10-25-14-24-18-7-2-1-6-17(18)21(25)28;/h1-7,12,14,19,23H,8-11,13H2;1H. The number of carbonyl (C=O) groups is 1. The highest BCUT2D eigenvalue weighted by Gasteiger charge is 2.27. The minimum Gasteiger partial charge on any atom is -0.333 e. The Kier molecular flexibility index (Phi) is 6.61. The molecule has 29 heavy (non-hydrogen) atoms. The van der Waals surface area contributed by atoms with Gasteiger partial charge in [-0.1, -0.05) is 24.3 Å². The highest BCUT2D eigenvalue weighted by atomic mass is 35.5. The van der Waals surface area contributed by atoms with Crippen molar-refractivity contribution in [3.63, 3.8) is 0 Å². The van der Waals surface area contributed by atoms with E-state index in [0.717, 1.165) is 5.56 Å². The second kappa shape index (κ2) is 9.15. The van der Waals surface area contributed by atoms with Crippen molar-refractivity contribution >= 4 is 29.2 Å². The quantitative estimate of drug-likeness (QED) is 0.709. The lowest BCUT2D eigenvalue weighted by molar-refractivity contribution is -0.134. The Morgan fingerprint density at radius 3 is 2.86 bits per heavy atom. The van der Waals surface area contributed by atoms with Crippen LogP contribution in [-0.4, -0.2) is 40.0 Å². The zero-order valence-electron chi connectivity index (χ0n) is 15.8. The second-order valence-electron chi connectivity index (χ2n) is 6.87. The van der Waals surface area contributed by atoms with Crippen molar-refractivity contribution in [1.82, 2.24) is 19.8 Å². The van der Waals surface area contributed by atoms with Crippen LogP contribution in [0.1, 0.15) is 18.0 Å². The van der Waals surface area contributed by atoms with Crippen LogP contribution >= 0.6 is 12.4 Å². The minimum absolute atomic E-state index is 0. The summed E-state index contributed by atoms with van der Waals surface area (Å²) in [4.78, 5) is 31.5. The van der Waals surface area contributed by atoms with E-state index in [9.17, 15) is 14.0 Å². The molecule has 0 radical (unpaired) electrons. The number of piperazine rings is 1. The number of para-hydroxylation sites is 1. The summed E-state index contributed by atoms with van der Waals surface area (Å²) in [6, 6.07) is 13.3. The molecule has 0 saturated carbocycles. The molecule has 1 saturated heterocycles. The van der Waals surface area contributed by atoms with Crippen molar-refractivity contribution in [2.24, 2.45) is 0 Å². The summed E-state index contributed by atoms with van der Waals surface area (Å²) < 4.78 is 15.1. The second-order valence-corrected chi connectivity index (χ2v) is 6.87. The highest BCUT2D eigenvalue weighted by molar-refractivity contribution is 5.85. The van der Waals surface area contributed by atoms with E-state index in [1.54, 1.807) is 29.2 Å². The van der Waals surface area contributed by atoms with Crippen LogP contribution in [0.25, 0.3) is 10.9 Å². The van der Waals surface area contributed by atoms with Gasteiger partial charge in [-0.2, -0.15) is 0 Å². The summed E-state index contributed by atoms with van der Waals surface area (Å²) in [6.07, 6.45) is 1.67. The molecule has 2 aromatic carbocycles. The summed E-state index contributed by atoms with van der Waals surface area (Å²) in [5.74, 6) is -0.375. The lowest BCUT2D eigenvalue weighted by atomic mass is 10.0. The zero-order chi connectivity index (χ0) is 19.5. The molecule has 1 amide bonds. The average Bonchev–Trinajstić information content (AvgIpc) is 2.73. The molecule has 2 heterocycles. The Bertz CT molecular complexity index is 1070. The van der Waals surface area contributed by atoms with Gasteiger partial charge < -0.3 is 10.2 Å². The fourth-order valence-electron chi connectivity index (χ4n) is 3.64. The Morgan fingerprint density at radius 1 is 1.21 bits per heavy atom. The van der Waals surface area contributed by atoms with Crippen molar-refractivity contribution in [3.8, 4) is 0 Å². The van der Waals surface area contributed by atoms with Gasteiger partial charge in [-0.3, -0.25) is 14.2 Å². The summed E-state index contributed by atoms with van der Waals surface area (Å²) in [6.45, 7) is 2.07. The first-order chi connectivity index (χ1) is 13.6. The van der Waals surface area contributed by atoms with Crippen LogP contribution < -0.4 is 10.9 Å². The van der Waals surface area contributed by atoms with Gasteiger partial charge in [0, 0.05) is 32.6 Å². The predicted molar refractivity (Wildman–Crippen MR) is 112 cm³/mol. The fraction of sp³-hybridized carbons (Fsp3) is 0.286. The van der Waals surface area contributed by atoms with Gasteiger partial charge in [0.15, 0.2) is 0 Å². The molecular formula is C21H22ClFN4O2. The van der Waals surface area contributed by atoms with Gasteiger partial charge in [0.25, 0.3) is 5.56 Å². The molecule has 4 rings (SSSR count). The molecular weight excluding hydrogens is 395 g/mol. The first-order valence-electron chi connectivity index (χ1n) is 9.33. The lowest BCUT2D eigenvalue weighted by Gasteiger charge is -2.36. The molecule has 1 atom stereocenters. The van der Waals surface area contributed by atoms with Crippen LogP contribution in [0.3, 0.4) is 0 Å². The van der Waals surface area contributed by atoms with Crippen molar-refractivity contribution in [1.29, 1.82) is 0 Å². The lowest BCUT2D eigenvalue weighted by Crippen LogP contribution is -2.49. The van der Waals surface area contributed by atoms with Gasteiger partial charge in [-0.15, -0.1) is 12.4 Å². The van der Waals surface area contributed by atoms with Crippen LogP contribution in [0.4, 0.5) is 4.39 Å². The summed E-state index contributed by atoms with van der Waals surface area (Å²) in [7, 11) is 0. The number of halogens is 2. The van der Waals surface area contributed by atoms with Crippen LogP contribution in [0, 0.1) is 5.82 Å². The number of hydrogen-bond acceptors (Lipinski definition) is 4. The van der Waals surface area contributed by atoms with Crippen LogP contribution in [0.15, 0.2) is 59.7 Å². The van der Waals surface area contributed by atoms with Crippen molar-refractivity contribution in [2.75, 3.05) is 19.6 Å². The molecule has 1 aliphatic rings. The molecule has 0 bridgehead atoms. The monoisotopic (exact) mass is 416 g/mol. The summed E-state index contributed by atoms with van der Waals surface area (Å²) >= 11 is 0. The number of fused-ring (bicyclic) bond motifs is 1. The number of nitrogens with zero attached hydrogens (tertiary/aromatic N) is 3. The largest absolute Gasteiger partial charge is 0.333 e. The number of nitrogens with one attached hydrogen (secondary N) is 1. The Balaban J connectivity index is 0.00000240. The fourth-order valence-corrected chi connectivity index (χ4v) is 3.64. The van der Waals surface area contributed by atoms with E-state index in [1.165, 1.54) is 23.0 Å². The van der Waals surface area contributed by atoms with Gasteiger partial charge in [0.2, 0.25) is 5.91 Å². The van der Waals surface area contributed by atoms with Gasteiger partial charge in [0.1, 0.15) is 5.82 Å². The van der Waals surface area contributed by atoms with E-state index >= 15 is 0 Å². The zero-order valence-corrected chi connectivity index (χ0v) is 16.6. The predicted octanol–water partition coefficient (Wildman–Crippen LogP) is 2.52. The van der Waals surface area contributed by atoms with Gasteiger partial charge in [-0.25, -0.2) is 9.37 Å². The highest BCUT2D eigenvalue weighted by Crippen LogP contribution is 2.23. The van der Waals surface area contributed by atoms with E-state index in [2.05, 4.69) is 10.3 Å². The van der Waals surface area contributed by atoms with Crippen LogP contribution in [0.2, 0.25) is 0 Å². The maximum Gasteiger partial charge on any atom is 0.261 e. The van der Waals surface area contributed by atoms with Crippen LogP contribution in [0.5, 0.6) is 0 Å². The number of aryl methyl sites for hydroxylation is 1. The smallest absolute Gasteiger partial charge is 0.261 e. The van der Waals surface area contributed by atoms with Crippen molar-refractivity contribution < 1.29 is 9.18 Å². The number of aromatic nitrogens is 2. The number of carbonyl (C=O) groups excluding carboxylic acids is 1. The minimum atomic E-state index is -0.315. The van der Waals surface area contributed by atoms with E-state index < -0.39 is 0 Å². The summed E-state index contributed by atoms with van der Waals surface area (Å²) in [5, 5.41) is 3.80. The molecule has 1 N–H and O–H groups in total. The number of amides is 1. The average molecular weight is 417 g/mol. The third-order valence-corrected chi connectivity index (χ3v) is 5.10.